The highest BCUT2D eigenvalue weighted by Gasteiger charge is 2.11. The van der Waals surface area contributed by atoms with Gasteiger partial charge in [0, 0.05) is 23.8 Å². The van der Waals surface area contributed by atoms with E-state index in [0.29, 0.717) is 17.1 Å². The first-order valence-corrected chi connectivity index (χ1v) is 6.99. The topological polar surface area (TPSA) is 20.3 Å². The summed E-state index contributed by atoms with van der Waals surface area (Å²) >= 11 is 9.57. The van der Waals surface area contributed by atoms with Crippen molar-refractivity contribution in [1.29, 1.82) is 0 Å². The number of carbonyl (C=O) groups is 1. The molecule has 0 unspecified atom stereocenters. The van der Waals surface area contributed by atoms with E-state index in [1.807, 2.05) is 48.3 Å². The summed E-state index contributed by atoms with van der Waals surface area (Å²) in [6.07, 6.45) is 0.800. The number of nitrogens with zero attached hydrogens (tertiary/aromatic N) is 1. The fraction of sp³-hybridized carbons (Fsp3) is 0.133. The average Bonchev–Trinajstić information content (AvgIpc) is 2.41. The molecule has 0 saturated carbocycles. The van der Waals surface area contributed by atoms with Crippen LogP contribution in [0.4, 0.5) is 5.69 Å². The third-order valence-corrected chi connectivity index (χ3v) is 4.03. The van der Waals surface area contributed by atoms with Crippen LogP contribution in [0, 0.1) is 0 Å². The van der Waals surface area contributed by atoms with E-state index >= 15 is 0 Å². The van der Waals surface area contributed by atoms with Gasteiger partial charge in [0.2, 0.25) is 0 Å². The SMILES string of the molecule is CN(Cc1ccccc1Br)c1cccc(Cl)c1C=O. The first-order chi connectivity index (χ1) is 9.13. The van der Waals surface area contributed by atoms with Crippen LogP contribution in [-0.2, 0) is 6.54 Å². The molecule has 2 rings (SSSR count). The molecule has 0 radical (unpaired) electrons. The molecule has 0 fully saturated rings. The minimum atomic E-state index is 0.478. The van der Waals surface area contributed by atoms with Crippen molar-refractivity contribution in [2.24, 2.45) is 0 Å². The van der Waals surface area contributed by atoms with E-state index in [0.717, 1.165) is 22.0 Å². The zero-order chi connectivity index (χ0) is 13.8. The second kappa shape index (κ2) is 6.22. The van der Waals surface area contributed by atoms with Gasteiger partial charge in [-0.15, -0.1) is 0 Å². The number of hydrogen-bond donors (Lipinski definition) is 0. The van der Waals surface area contributed by atoms with Crippen molar-refractivity contribution in [1.82, 2.24) is 0 Å². The van der Waals surface area contributed by atoms with Crippen molar-refractivity contribution in [2.45, 2.75) is 6.54 Å². The molecule has 19 heavy (non-hydrogen) atoms. The molecule has 2 aromatic rings. The quantitative estimate of drug-likeness (QED) is 0.762. The van der Waals surface area contributed by atoms with E-state index < -0.39 is 0 Å². The average molecular weight is 339 g/mol. The lowest BCUT2D eigenvalue weighted by Crippen LogP contribution is -2.18. The van der Waals surface area contributed by atoms with E-state index in [-0.39, 0.29) is 0 Å². The maximum absolute atomic E-state index is 11.2. The molecule has 0 aliphatic carbocycles. The van der Waals surface area contributed by atoms with Gasteiger partial charge in [-0.25, -0.2) is 0 Å². The predicted octanol–water partition coefficient (Wildman–Crippen LogP) is 4.55. The molecular formula is C15H13BrClNO. The number of benzene rings is 2. The number of carbonyl (C=O) groups excluding carboxylic acids is 1. The van der Waals surface area contributed by atoms with Gasteiger partial charge >= 0.3 is 0 Å². The van der Waals surface area contributed by atoms with Gasteiger partial charge in [0.15, 0.2) is 6.29 Å². The van der Waals surface area contributed by atoms with Crippen LogP contribution in [0.15, 0.2) is 46.9 Å². The van der Waals surface area contributed by atoms with Crippen molar-refractivity contribution in [3.05, 3.63) is 63.1 Å². The van der Waals surface area contributed by atoms with Crippen LogP contribution in [0.1, 0.15) is 15.9 Å². The molecule has 0 aromatic heterocycles. The molecule has 0 bridgehead atoms. The Morgan fingerprint density at radius 3 is 2.63 bits per heavy atom. The molecule has 0 amide bonds. The van der Waals surface area contributed by atoms with Crippen LogP contribution in [0.25, 0.3) is 0 Å². The van der Waals surface area contributed by atoms with Crippen LogP contribution in [0.3, 0.4) is 0 Å². The van der Waals surface area contributed by atoms with Crippen molar-refractivity contribution >= 4 is 39.5 Å². The lowest BCUT2D eigenvalue weighted by Gasteiger charge is -2.22. The van der Waals surface area contributed by atoms with Gasteiger partial charge < -0.3 is 4.90 Å². The maximum atomic E-state index is 11.2. The summed E-state index contributed by atoms with van der Waals surface area (Å²) in [6, 6.07) is 13.5. The summed E-state index contributed by atoms with van der Waals surface area (Å²) in [5.74, 6) is 0. The lowest BCUT2D eigenvalue weighted by atomic mass is 10.1. The molecule has 0 heterocycles. The van der Waals surface area contributed by atoms with Crippen molar-refractivity contribution in [3.8, 4) is 0 Å². The van der Waals surface area contributed by atoms with Gasteiger partial charge in [-0.1, -0.05) is 51.8 Å². The second-order valence-corrected chi connectivity index (χ2v) is 5.50. The van der Waals surface area contributed by atoms with Gasteiger partial charge in [-0.3, -0.25) is 4.79 Å². The first kappa shape index (κ1) is 14.1. The van der Waals surface area contributed by atoms with Crippen molar-refractivity contribution < 1.29 is 4.79 Å². The summed E-state index contributed by atoms with van der Waals surface area (Å²) in [7, 11) is 1.94. The zero-order valence-corrected chi connectivity index (χ0v) is 12.8. The molecule has 98 valence electrons. The molecular weight excluding hydrogens is 326 g/mol. The fourth-order valence-corrected chi connectivity index (χ4v) is 2.57. The van der Waals surface area contributed by atoms with E-state index in [1.54, 1.807) is 6.07 Å². The highest BCUT2D eigenvalue weighted by molar-refractivity contribution is 9.10. The number of anilines is 1. The van der Waals surface area contributed by atoms with Crippen LogP contribution in [0.2, 0.25) is 5.02 Å². The molecule has 0 spiro atoms. The minimum absolute atomic E-state index is 0.478. The Morgan fingerprint density at radius 1 is 1.21 bits per heavy atom. The molecule has 0 saturated heterocycles. The van der Waals surface area contributed by atoms with E-state index in [4.69, 9.17) is 11.6 Å². The van der Waals surface area contributed by atoms with E-state index in [9.17, 15) is 4.79 Å². The zero-order valence-electron chi connectivity index (χ0n) is 10.4. The normalized spacial score (nSPS) is 10.3. The Labute approximate surface area is 126 Å². The Hall–Kier alpha value is -1.32. The van der Waals surface area contributed by atoms with Gasteiger partial charge in [-0.05, 0) is 23.8 Å². The Morgan fingerprint density at radius 2 is 1.95 bits per heavy atom. The molecule has 0 aliphatic heterocycles. The summed E-state index contributed by atoms with van der Waals surface area (Å²) < 4.78 is 1.05. The minimum Gasteiger partial charge on any atom is -0.370 e. The monoisotopic (exact) mass is 337 g/mol. The standard InChI is InChI=1S/C15H13BrClNO/c1-18(9-11-5-2-3-6-13(11)16)15-8-4-7-14(17)12(15)10-19/h2-8,10H,9H2,1H3. The Balaban J connectivity index is 2.30. The number of halogens is 2. The number of aldehydes is 1. The summed E-state index contributed by atoms with van der Waals surface area (Å²) in [6.45, 7) is 0.697. The molecule has 0 atom stereocenters. The first-order valence-electron chi connectivity index (χ1n) is 5.81. The highest BCUT2D eigenvalue weighted by Crippen LogP contribution is 2.27. The lowest BCUT2D eigenvalue weighted by molar-refractivity contribution is 0.112. The molecule has 0 N–H and O–H groups in total. The number of hydrogen-bond acceptors (Lipinski definition) is 2. The second-order valence-electron chi connectivity index (χ2n) is 4.24. The van der Waals surface area contributed by atoms with Gasteiger partial charge in [0.05, 0.1) is 10.6 Å². The number of rotatable bonds is 4. The van der Waals surface area contributed by atoms with Crippen LogP contribution >= 0.6 is 27.5 Å². The van der Waals surface area contributed by atoms with E-state index in [2.05, 4.69) is 15.9 Å². The maximum Gasteiger partial charge on any atom is 0.153 e. The largest absolute Gasteiger partial charge is 0.370 e. The van der Waals surface area contributed by atoms with Gasteiger partial charge in [-0.2, -0.15) is 0 Å². The van der Waals surface area contributed by atoms with Crippen LogP contribution in [0.5, 0.6) is 0 Å². The third-order valence-electron chi connectivity index (χ3n) is 2.92. The Kier molecular flexibility index (Phi) is 4.61. The summed E-state index contributed by atoms with van der Waals surface area (Å²) in [5, 5.41) is 0.478. The molecule has 2 nitrogen and oxygen atoms in total. The summed E-state index contributed by atoms with van der Waals surface area (Å²) in [4.78, 5) is 13.2. The van der Waals surface area contributed by atoms with Crippen molar-refractivity contribution in [2.75, 3.05) is 11.9 Å². The van der Waals surface area contributed by atoms with Crippen LogP contribution < -0.4 is 4.90 Å². The van der Waals surface area contributed by atoms with Gasteiger partial charge in [0.1, 0.15) is 0 Å². The smallest absolute Gasteiger partial charge is 0.153 e. The van der Waals surface area contributed by atoms with Crippen molar-refractivity contribution in [3.63, 3.8) is 0 Å². The molecule has 0 aliphatic rings. The van der Waals surface area contributed by atoms with Gasteiger partial charge in [0.25, 0.3) is 0 Å². The van der Waals surface area contributed by atoms with E-state index in [1.165, 1.54) is 0 Å². The molecule has 2 aromatic carbocycles. The molecule has 4 heteroatoms. The highest BCUT2D eigenvalue weighted by atomic mass is 79.9. The fourth-order valence-electron chi connectivity index (χ4n) is 1.94. The predicted molar refractivity (Wildman–Crippen MR) is 83.1 cm³/mol. The van der Waals surface area contributed by atoms with Crippen LogP contribution in [-0.4, -0.2) is 13.3 Å². The third kappa shape index (κ3) is 3.17. The Bertz CT molecular complexity index is 600. The summed E-state index contributed by atoms with van der Waals surface area (Å²) in [5.41, 5.74) is 2.51.